The van der Waals surface area contributed by atoms with Crippen molar-refractivity contribution >= 4 is 29.2 Å². The molecular formula is C20H22N2O4. The van der Waals surface area contributed by atoms with Gasteiger partial charge in [0.25, 0.3) is 0 Å². The first kappa shape index (κ1) is 19.2. The van der Waals surface area contributed by atoms with Crippen LogP contribution in [0.25, 0.3) is 0 Å². The summed E-state index contributed by atoms with van der Waals surface area (Å²) in [5, 5.41) is 2.81. The maximum absolute atomic E-state index is 12.1. The molecule has 0 aliphatic heterocycles. The van der Waals surface area contributed by atoms with E-state index in [4.69, 9.17) is 0 Å². The van der Waals surface area contributed by atoms with Crippen LogP contribution in [0.3, 0.4) is 0 Å². The van der Waals surface area contributed by atoms with Gasteiger partial charge in [-0.05, 0) is 43.3 Å². The molecule has 0 aliphatic carbocycles. The minimum absolute atomic E-state index is 0.159. The predicted molar refractivity (Wildman–Crippen MR) is 100 cm³/mol. The number of aryl methyl sites for hydroxylation is 1. The fourth-order valence-electron chi connectivity index (χ4n) is 2.44. The Labute approximate surface area is 152 Å². The number of rotatable bonds is 6. The molecule has 26 heavy (non-hydrogen) atoms. The average molecular weight is 354 g/mol. The highest BCUT2D eigenvalue weighted by molar-refractivity contribution is 5.95. The molecule has 1 N–H and O–H groups in total. The van der Waals surface area contributed by atoms with Crippen LogP contribution in [0.15, 0.2) is 48.5 Å². The van der Waals surface area contributed by atoms with Gasteiger partial charge in [0.15, 0.2) is 0 Å². The van der Waals surface area contributed by atoms with E-state index < -0.39 is 5.97 Å². The van der Waals surface area contributed by atoms with Gasteiger partial charge in [-0.1, -0.05) is 17.7 Å². The number of benzene rings is 2. The Morgan fingerprint density at radius 3 is 2.15 bits per heavy atom. The van der Waals surface area contributed by atoms with Crippen LogP contribution in [-0.4, -0.2) is 31.4 Å². The van der Waals surface area contributed by atoms with Gasteiger partial charge in [0, 0.05) is 31.3 Å². The number of carbonyl (C=O) groups excluding carboxylic acids is 3. The number of ether oxygens (including phenoxy) is 1. The molecule has 0 fully saturated rings. The van der Waals surface area contributed by atoms with E-state index in [9.17, 15) is 14.4 Å². The first-order chi connectivity index (χ1) is 12.4. The number of carbonyl (C=O) groups is 3. The minimum atomic E-state index is -0.441. The molecule has 0 bridgehead atoms. The topological polar surface area (TPSA) is 75.7 Å². The van der Waals surface area contributed by atoms with Crippen molar-refractivity contribution in [3.63, 3.8) is 0 Å². The molecule has 0 heterocycles. The second-order valence-electron chi connectivity index (χ2n) is 5.87. The maximum Gasteiger partial charge on any atom is 0.337 e. The van der Waals surface area contributed by atoms with Crippen molar-refractivity contribution in [3.8, 4) is 0 Å². The number of nitrogens with zero attached hydrogens (tertiary/aromatic N) is 1. The molecule has 6 nitrogen and oxygen atoms in total. The lowest BCUT2D eigenvalue weighted by Crippen LogP contribution is -2.32. The molecule has 2 rings (SSSR count). The van der Waals surface area contributed by atoms with Crippen molar-refractivity contribution in [2.24, 2.45) is 0 Å². The van der Waals surface area contributed by atoms with Crippen LogP contribution in [0, 0.1) is 6.92 Å². The Balaban J connectivity index is 1.99. The summed E-state index contributed by atoms with van der Waals surface area (Å²) in [5.74, 6) is -0.798. The van der Waals surface area contributed by atoms with Crippen LogP contribution in [0.4, 0.5) is 11.4 Å². The Hall–Kier alpha value is -3.15. The van der Waals surface area contributed by atoms with Crippen molar-refractivity contribution in [1.82, 2.24) is 0 Å². The Bertz CT molecular complexity index is 782. The molecule has 0 aromatic heterocycles. The number of amides is 2. The van der Waals surface area contributed by atoms with E-state index >= 15 is 0 Å². The molecule has 0 aliphatic rings. The van der Waals surface area contributed by atoms with Gasteiger partial charge in [-0.15, -0.1) is 0 Å². The second-order valence-corrected chi connectivity index (χ2v) is 5.87. The fourth-order valence-corrected chi connectivity index (χ4v) is 2.44. The van der Waals surface area contributed by atoms with Crippen LogP contribution in [0.5, 0.6) is 0 Å². The SMILES string of the molecule is COC(=O)c1ccc(N(CCC(=O)Nc2ccc(C)cc2)C(C)=O)cc1. The van der Waals surface area contributed by atoms with Crippen LogP contribution in [0.2, 0.25) is 0 Å². The van der Waals surface area contributed by atoms with Gasteiger partial charge in [0.2, 0.25) is 11.8 Å². The smallest absolute Gasteiger partial charge is 0.337 e. The van der Waals surface area contributed by atoms with E-state index in [1.165, 1.54) is 18.9 Å². The zero-order chi connectivity index (χ0) is 19.1. The Kier molecular flexibility index (Phi) is 6.49. The van der Waals surface area contributed by atoms with Gasteiger partial charge in [0.1, 0.15) is 0 Å². The van der Waals surface area contributed by atoms with E-state index in [0.717, 1.165) is 11.3 Å². The summed E-state index contributed by atoms with van der Waals surface area (Å²) in [6.45, 7) is 3.65. The summed E-state index contributed by atoms with van der Waals surface area (Å²) in [6, 6.07) is 14.0. The van der Waals surface area contributed by atoms with Crippen LogP contribution >= 0.6 is 0 Å². The van der Waals surface area contributed by atoms with Gasteiger partial charge >= 0.3 is 5.97 Å². The summed E-state index contributed by atoms with van der Waals surface area (Å²) in [6.07, 6.45) is 0.159. The normalized spacial score (nSPS) is 10.1. The van der Waals surface area contributed by atoms with Crippen LogP contribution in [0.1, 0.15) is 29.3 Å². The molecule has 0 spiro atoms. The standard InChI is InChI=1S/C20H22N2O4/c1-14-4-8-17(9-5-14)21-19(24)12-13-22(15(2)23)18-10-6-16(7-11-18)20(25)26-3/h4-11H,12-13H2,1-3H3,(H,21,24). The monoisotopic (exact) mass is 354 g/mol. The van der Waals surface area contributed by atoms with Crippen molar-refractivity contribution in [2.75, 3.05) is 23.9 Å². The quantitative estimate of drug-likeness (QED) is 0.809. The summed E-state index contributed by atoms with van der Waals surface area (Å²) in [5.41, 5.74) is 2.85. The lowest BCUT2D eigenvalue weighted by atomic mass is 10.2. The molecule has 136 valence electrons. The highest BCUT2D eigenvalue weighted by atomic mass is 16.5. The molecule has 6 heteroatoms. The summed E-state index contributed by atoms with van der Waals surface area (Å²) in [7, 11) is 1.31. The molecule has 0 atom stereocenters. The maximum atomic E-state index is 12.1. The number of hydrogen-bond donors (Lipinski definition) is 1. The zero-order valence-electron chi connectivity index (χ0n) is 15.1. The minimum Gasteiger partial charge on any atom is -0.465 e. The van der Waals surface area contributed by atoms with Crippen molar-refractivity contribution in [3.05, 3.63) is 59.7 Å². The van der Waals surface area contributed by atoms with Gasteiger partial charge in [-0.25, -0.2) is 4.79 Å². The van der Waals surface area contributed by atoms with E-state index in [1.807, 2.05) is 31.2 Å². The summed E-state index contributed by atoms with van der Waals surface area (Å²) < 4.78 is 4.65. The van der Waals surface area contributed by atoms with Gasteiger partial charge in [0.05, 0.1) is 12.7 Å². The highest BCUT2D eigenvalue weighted by Gasteiger charge is 2.14. The third-order valence-electron chi connectivity index (χ3n) is 3.88. The average Bonchev–Trinajstić information content (AvgIpc) is 2.63. The number of esters is 1. The Morgan fingerprint density at radius 1 is 1.00 bits per heavy atom. The summed E-state index contributed by atoms with van der Waals surface area (Å²) in [4.78, 5) is 37.0. The fraction of sp³-hybridized carbons (Fsp3) is 0.250. The number of nitrogens with one attached hydrogen (secondary N) is 1. The number of methoxy groups -OCH3 is 1. The molecule has 0 unspecified atom stereocenters. The lowest BCUT2D eigenvalue weighted by Gasteiger charge is -2.21. The second kappa shape index (κ2) is 8.80. The highest BCUT2D eigenvalue weighted by Crippen LogP contribution is 2.17. The molecule has 0 saturated carbocycles. The van der Waals surface area contributed by atoms with Gasteiger partial charge in [-0.3, -0.25) is 9.59 Å². The predicted octanol–water partition coefficient (Wildman–Crippen LogP) is 3.16. The molecule has 2 aromatic rings. The van der Waals surface area contributed by atoms with E-state index in [2.05, 4.69) is 10.1 Å². The van der Waals surface area contributed by atoms with E-state index in [1.54, 1.807) is 24.3 Å². The first-order valence-corrected chi connectivity index (χ1v) is 8.23. The Morgan fingerprint density at radius 2 is 1.62 bits per heavy atom. The van der Waals surface area contributed by atoms with E-state index in [-0.39, 0.29) is 24.8 Å². The third kappa shape index (κ3) is 5.17. The van der Waals surface area contributed by atoms with Crippen LogP contribution < -0.4 is 10.2 Å². The molecule has 0 radical (unpaired) electrons. The number of anilines is 2. The zero-order valence-corrected chi connectivity index (χ0v) is 15.1. The third-order valence-corrected chi connectivity index (χ3v) is 3.88. The van der Waals surface area contributed by atoms with Gasteiger partial charge < -0.3 is 15.0 Å². The van der Waals surface area contributed by atoms with Crippen molar-refractivity contribution < 1.29 is 19.1 Å². The van der Waals surface area contributed by atoms with Gasteiger partial charge in [-0.2, -0.15) is 0 Å². The first-order valence-electron chi connectivity index (χ1n) is 8.23. The lowest BCUT2D eigenvalue weighted by molar-refractivity contribution is -0.117. The molecule has 2 aromatic carbocycles. The number of hydrogen-bond acceptors (Lipinski definition) is 4. The van der Waals surface area contributed by atoms with Crippen molar-refractivity contribution in [1.29, 1.82) is 0 Å². The molecular weight excluding hydrogens is 332 g/mol. The summed E-state index contributed by atoms with van der Waals surface area (Å²) >= 11 is 0. The van der Waals surface area contributed by atoms with Crippen LogP contribution in [-0.2, 0) is 14.3 Å². The molecule has 0 saturated heterocycles. The molecule has 2 amide bonds. The van der Waals surface area contributed by atoms with E-state index in [0.29, 0.717) is 11.3 Å². The van der Waals surface area contributed by atoms with Crippen molar-refractivity contribution in [2.45, 2.75) is 20.3 Å². The largest absolute Gasteiger partial charge is 0.465 e.